The van der Waals surface area contributed by atoms with E-state index < -0.39 is 0 Å². The second-order valence-corrected chi connectivity index (χ2v) is 6.83. The highest BCUT2D eigenvalue weighted by Gasteiger charge is 2.20. The maximum Gasteiger partial charge on any atom is 0.123 e. The van der Waals surface area contributed by atoms with E-state index in [1.54, 1.807) is 0 Å². The molecule has 1 aromatic carbocycles. The number of hydrogen-bond donors (Lipinski definition) is 1. The van der Waals surface area contributed by atoms with Crippen LogP contribution in [0.2, 0.25) is 0 Å². The van der Waals surface area contributed by atoms with Gasteiger partial charge in [0.2, 0.25) is 0 Å². The van der Waals surface area contributed by atoms with Crippen molar-refractivity contribution in [3.8, 4) is 5.75 Å². The normalized spacial score (nSPS) is 14.5. The summed E-state index contributed by atoms with van der Waals surface area (Å²) in [6.45, 7) is 5.85. The highest BCUT2D eigenvalue weighted by atomic mass is 32.1. The molecule has 1 aliphatic rings. The molecule has 0 spiro atoms. The van der Waals surface area contributed by atoms with Crippen LogP contribution >= 0.6 is 11.3 Å². The van der Waals surface area contributed by atoms with Crippen molar-refractivity contribution in [2.24, 2.45) is 0 Å². The number of ether oxygens (including phenoxy) is 1. The number of thiophene rings is 1. The Bertz CT molecular complexity index is 586. The number of rotatable bonds is 6. The maximum atomic E-state index is 5.94. The van der Waals surface area contributed by atoms with Crippen LogP contribution in [0.15, 0.2) is 30.3 Å². The van der Waals surface area contributed by atoms with E-state index in [9.17, 15) is 0 Å². The summed E-state index contributed by atoms with van der Waals surface area (Å²) in [7, 11) is 0. The third-order valence-electron chi connectivity index (χ3n) is 3.57. The van der Waals surface area contributed by atoms with Gasteiger partial charge in [0.25, 0.3) is 0 Å². The van der Waals surface area contributed by atoms with E-state index in [0.717, 1.165) is 18.3 Å². The van der Waals surface area contributed by atoms with Crippen molar-refractivity contribution < 1.29 is 4.74 Å². The van der Waals surface area contributed by atoms with Crippen LogP contribution in [0.25, 0.3) is 0 Å². The zero-order chi connectivity index (χ0) is 13.9. The van der Waals surface area contributed by atoms with E-state index in [1.807, 2.05) is 11.3 Å². The summed E-state index contributed by atoms with van der Waals surface area (Å²) in [5.41, 5.74) is 2.44. The molecule has 2 aromatic rings. The van der Waals surface area contributed by atoms with E-state index >= 15 is 0 Å². The van der Waals surface area contributed by atoms with E-state index in [-0.39, 0.29) is 0 Å². The Labute approximate surface area is 124 Å². The van der Waals surface area contributed by atoms with Crippen LogP contribution < -0.4 is 10.1 Å². The zero-order valence-electron chi connectivity index (χ0n) is 12.1. The molecular formula is C17H21NOS. The van der Waals surface area contributed by atoms with Crippen LogP contribution in [0.3, 0.4) is 0 Å². The van der Waals surface area contributed by atoms with Crippen molar-refractivity contribution in [2.75, 3.05) is 0 Å². The summed E-state index contributed by atoms with van der Waals surface area (Å²) in [5, 5.41) is 3.55. The van der Waals surface area contributed by atoms with Crippen LogP contribution in [0.4, 0.5) is 0 Å². The van der Waals surface area contributed by atoms with E-state index in [2.05, 4.69) is 49.5 Å². The van der Waals surface area contributed by atoms with Gasteiger partial charge < -0.3 is 10.1 Å². The molecular weight excluding hydrogens is 266 g/mol. The smallest absolute Gasteiger partial charge is 0.123 e. The Morgan fingerprint density at radius 1 is 1.15 bits per heavy atom. The first-order chi connectivity index (χ1) is 9.70. The highest BCUT2D eigenvalue weighted by Crippen LogP contribution is 2.24. The monoisotopic (exact) mass is 287 g/mol. The lowest BCUT2D eigenvalue weighted by molar-refractivity contribution is 0.307. The van der Waals surface area contributed by atoms with E-state index in [4.69, 9.17) is 4.74 Å². The molecule has 20 heavy (non-hydrogen) atoms. The van der Waals surface area contributed by atoms with Gasteiger partial charge in [0.1, 0.15) is 12.4 Å². The number of hydrogen-bond acceptors (Lipinski definition) is 3. The predicted octanol–water partition coefficient (Wildman–Crippen LogP) is 4.20. The lowest BCUT2D eigenvalue weighted by atomic mass is 10.1. The lowest BCUT2D eigenvalue weighted by Crippen LogP contribution is -2.14. The van der Waals surface area contributed by atoms with Gasteiger partial charge in [0.15, 0.2) is 0 Å². The largest absolute Gasteiger partial charge is 0.488 e. The van der Waals surface area contributed by atoms with Crippen LogP contribution in [-0.4, -0.2) is 6.04 Å². The molecule has 3 heteroatoms. The second-order valence-electron chi connectivity index (χ2n) is 5.58. The minimum atomic E-state index is 0.665. The van der Waals surface area contributed by atoms with Crippen molar-refractivity contribution in [2.45, 2.75) is 45.9 Å². The molecule has 0 atom stereocenters. The second kappa shape index (κ2) is 5.98. The number of nitrogens with one attached hydrogen (secondary N) is 1. The third kappa shape index (κ3) is 3.62. The molecule has 1 heterocycles. The fourth-order valence-corrected chi connectivity index (χ4v) is 3.02. The molecule has 2 nitrogen and oxygen atoms in total. The van der Waals surface area contributed by atoms with E-state index in [1.165, 1.54) is 33.7 Å². The molecule has 1 aliphatic carbocycles. The van der Waals surface area contributed by atoms with Crippen LogP contribution in [-0.2, 0) is 13.2 Å². The molecule has 1 aromatic heterocycles. The average Bonchev–Trinajstić information content (AvgIpc) is 3.16. The van der Waals surface area contributed by atoms with Gasteiger partial charge in [0.05, 0.1) is 0 Å². The Morgan fingerprint density at radius 3 is 2.75 bits per heavy atom. The Balaban J connectivity index is 1.55. The van der Waals surface area contributed by atoms with E-state index in [0.29, 0.717) is 6.61 Å². The van der Waals surface area contributed by atoms with Crippen molar-refractivity contribution in [3.63, 3.8) is 0 Å². The number of benzene rings is 1. The summed E-state index contributed by atoms with van der Waals surface area (Å²) in [6, 6.07) is 11.5. The first kappa shape index (κ1) is 13.7. The third-order valence-corrected chi connectivity index (χ3v) is 4.63. The Morgan fingerprint density at radius 2 is 1.95 bits per heavy atom. The standard InChI is InChI=1S/C17H21NOS/c1-12-3-4-13(2)17(9-12)19-11-16-8-7-15(20-16)10-18-14-5-6-14/h3-4,7-9,14,18H,5-6,10-11H2,1-2H3. The zero-order valence-corrected chi connectivity index (χ0v) is 12.9. The van der Waals surface area contributed by atoms with Gasteiger partial charge in [-0.25, -0.2) is 0 Å². The minimum Gasteiger partial charge on any atom is -0.488 e. The molecule has 0 amide bonds. The van der Waals surface area contributed by atoms with Gasteiger partial charge in [-0.05, 0) is 56.0 Å². The van der Waals surface area contributed by atoms with Gasteiger partial charge in [-0.2, -0.15) is 0 Å². The van der Waals surface area contributed by atoms with Crippen molar-refractivity contribution in [1.82, 2.24) is 5.32 Å². The summed E-state index contributed by atoms with van der Waals surface area (Å²) >= 11 is 1.84. The van der Waals surface area contributed by atoms with Crippen LogP contribution in [0, 0.1) is 13.8 Å². The predicted molar refractivity (Wildman–Crippen MR) is 84.4 cm³/mol. The molecule has 0 bridgehead atoms. The summed E-state index contributed by atoms with van der Waals surface area (Å²) in [4.78, 5) is 2.69. The molecule has 0 saturated heterocycles. The first-order valence-corrected chi connectivity index (χ1v) is 8.03. The molecule has 106 valence electrons. The maximum absolute atomic E-state index is 5.94. The van der Waals surface area contributed by atoms with Crippen LogP contribution in [0.5, 0.6) is 5.75 Å². The molecule has 1 saturated carbocycles. The molecule has 3 rings (SSSR count). The molecule has 0 aliphatic heterocycles. The summed E-state index contributed by atoms with van der Waals surface area (Å²) in [5.74, 6) is 0.996. The molecule has 0 radical (unpaired) electrons. The molecule has 0 unspecified atom stereocenters. The van der Waals surface area contributed by atoms with Gasteiger partial charge in [-0.15, -0.1) is 11.3 Å². The van der Waals surface area contributed by atoms with Crippen molar-refractivity contribution in [3.05, 3.63) is 51.2 Å². The van der Waals surface area contributed by atoms with Crippen molar-refractivity contribution >= 4 is 11.3 Å². The first-order valence-electron chi connectivity index (χ1n) is 7.22. The Kier molecular flexibility index (Phi) is 4.08. The van der Waals surface area contributed by atoms with Crippen LogP contribution in [0.1, 0.15) is 33.7 Å². The topological polar surface area (TPSA) is 21.3 Å². The highest BCUT2D eigenvalue weighted by molar-refractivity contribution is 7.11. The summed E-state index contributed by atoms with van der Waals surface area (Å²) in [6.07, 6.45) is 2.68. The number of aryl methyl sites for hydroxylation is 2. The van der Waals surface area contributed by atoms with Gasteiger partial charge >= 0.3 is 0 Å². The lowest BCUT2D eigenvalue weighted by Gasteiger charge is -2.08. The molecule has 1 N–H and O–H groups in total. The molecule has 1 fully saturated rings. The fraction of sp³-hybridized carbons (Fsp3) is 0.412. The average molecular weight is 287 g/mol. The Hall–Kier alpha value is -1.32. The van der Waals surface area contributed by atoms with Gasteiger partial charge in [-0.3, -0.25) is 0 Å². The minimum absolute atomic E-state index is 0.665. The van der Waals surface area contributed by atoms with Gasteiger partial charge in [-0.1, -0.05) is 12.1 Å². The SMILES string of the molecule is Cc1ccc(C)c(OCc2ccc(CNC3CC3)s2)c1. The van der Waals surface area contributed by atoms with Gasteiger partial charge in [0, 0.05) is 22.3 Å². The summed E-state index contributed by atoms with van der Waals surface area (Å²) < 4.78 is 5.94. The van der Waals surface area contributed by atoms with Crippen molar-refractivity contribution in [1.29, 1.82) is 0 Å². The quantitative estimate of drug-likeness (QED) is 0.860. The fourth-order valence-electron chi connectivity index (χ4n) is 2.14.